The molecule has 0 atom stereocenters. The molecule has 0 aliphatic heterocycles. The molecule has 0 N–H and O–H groups in total. The van der Waals surface area contributed by atoms with Crippen molar-refractivity contribution in [1.29, 1.82) is 0 Å². The molecule has 0 saturated carbocycles. The van der Waals surface area contributed by atoms with Crippen LogP contribution in [0, 0.1) is 6.92 Å². The summed E-state index contributed by atoms with van der Waals surface area (Å²) in [4.78, 5) is 14.6. The molecular formula is C25H27ClN2O6S. The summed E-state index contributed by atoms with van der Waals surface area (Å²) in [5.41, 5.74) is 1.47. The Morgan fingerprint density at radius 2 is 1.57 bits per heavy atom. The number of nitrogens with zero attached hydrogens (tertiary/aromatic N) is 2. The summed E-state index contributed by atoms with van der Waals surface area (Å²) in [5.74, 6) is 0.632. The number of halogens is 1. The number of benzene rings is 3. The molecule has 3 aromatic rings. The third-order valence-corrected chi connectivity index (χ3v) is 7.49. The number of likely N-dealkylation sites (N-methyl/N-ethyl adjacent to an activating group) is 1. The monoisotopic (exact) mass is 518 g/mol. The summed E-state index contributed by atoms with van der Waals surface area (Å²) in [6.45, 7) is 1.28. The average Bonchev–Trinajstić information content (AvgIpc) is 2.86. The first-order valence-electron chi connectivity index (χ1n) is 10.5. The molecule has 0 aliphatic rings. The second-order valence-corrected chi connectivity index (χ2v) is 9.88. The summed E-state index contributed by atoms with van der Waals surface area (Å²) in [6.07, 6.45) is 0. The van der Waals surface area contributed by atoms with Gasteiger partial charge in [-0.15, -0.1) is 0 Å². The van der Waals surface area contributed by atoms with Crippen molar-refractivity contribution in [2.75, 3.05) is 44.1 Å². The highest BCUT2D eigenvalue weighted by Crippen LogP contribution is 2.35. The van der Waals surface area contributed by atoms with E-state index in [2.05, 4.69) is 0 Å². The minimum absolute atomic E-state index is 0.0660. The third-order valence-electron chi connectivity index (χ3n) is 5.40. The molecule has 3 aromatic carbocycles. The summed E-state index contributed by atoms with van der Waals surface area (Å²) >= 11 is 6.30. The number of carbonyl (C=O) groups is 1. The smallest absolute Gasteiger partial charge is 0.268 e. The lowest BCUT2D eigenvalue weighted by Crippen LogP contribution is -2.42. The number of aryl methyl sites for hydroxylation is 1. The van der Waals surface area contributed by atoms with Gasteiger partial charge in [0.15, 0.2) is 0 Å². The lowest BCUT2D eigenvalue weighted by molar-refractivity contribution is -0.116. The van der Waals surface area contributed by atoms with Crippen LogP contribution in [0.4, 0.5) is 11.4 Å². The number of hydrogen-bond donors (Lipinski definition) is 0. The van der Waals surface area contributed by atoms with E-state index < -0.39 is 22.5 Å². The molecule has 0 heterocycles. The van der Waals surface area contributed by atoms with Gasteiger partial charge in [0, 0.05) is 18.8 Å². The molecule has 0 bridgehead atoms. The Kier molecular flexibility index (Phi) is 8.14. The quantitative estimate of drug-likeness (QED) is 0.413. The Morgan fingerprint density at radius 3 is 2.20 bits per heavy atom. The number of anilines is 2. The summed E-state index contributed by atoms with van der Waals surface area (Å²) < 4.78 is 44.6. The van der Waals surface area contributed by atoms with E-state index in [1.807, 2.05) is 0 Å². The number of amides is 1. The second kappa shape index (κ2) is 10.9. The molecule has 0 aromatic heterocycles. The van der Waals surface area contributed by atoms with E-state index in [0.29, 0.717) is 17.2 Å². The molecule has 3 rings (SSSR count). The van der Waals surface area contributed by atoms with Crippen LogP contribution in [0.1, 0.15) is 5.56 Å². The number of rotatable bonds is 9. The van der Waals surface area contributed by atoms with E-state index >= 15 is 0 Å². The Hall–Kier alpha value is -3.43. The minimum Gasteiger partial charge on any atom is -0.497 e. The van der Waals surface area contributed by atoms with Gasteiger partial charge in [0.25, 0.3) is 10.0 Å². The van der Waals surface area contributed by atoms with Gasteiger partial charge in [-0.2, -0.15) is 0 Å². The maximum Gasteiger partial charge on any atom is 0.268 e. The average molecular weight is 519 g/mol. The highest BCUT2D eigenvalue weighted by atomic mass is 35.5. The van der Waals surface area contributed by atoms with E-state index in [1.165, 1.54) is 44.4 Å². The van der Waals surface area contributed by atoms with Crippen LogP contribution in [-0.4, -0.2) is 49.2 Å². The van der Waals surface area contributed by atoms with Gasteiger partial charge in [-0.05, 0) is 55.0 Å². The van der Waals surface area contributed by atoms with Crippen molar-refractivity contribution in [3.05, 3.63) is 71.2 Å². The van der Waals surface area contributed by atoms with Crippen LogP contribution in [0.15, 0.2) is 65.6 Å². The van der Waals surface area contributed by atoms with Crippen LogP contribution in [0.25, 0.3) is 0 Å². The second-order valence-electron chi connectivity index (χ2n) is 7.64. The van der Waals surface area contributed by atoms with Crippen molar-refractivity contribution >= 4 is 38.9 Å². The van der Waals surface area contributed by atoms with Gasteiger partial charge in [0.1, 0.15) is 28.7 Å². The fraction of sp³-hybridized carbons (Fsp3) is 0.240. The van der Waals surface area contributed by atoms with Crippen LogP contribution in [-0.2, 0) is 14.8 Å². The van der Waals surface area contributed by atoms with E-state index in [0.717, 1.165) is 9.87 Å². The van der Waals surface area contributed by atoms with Crippen LogP contribution < -0.4 is 23.4 Å². The molecule has 0 saturated heterocycles. The first kappa shape index (κ1) is 26.2. The largest absolute Gasteiger partial charge is 0.497 e. The van der Waals surface area contributed by atoms with Gasteiger partial charge in [-0.25, -0.2) is 8.42 Å². The Balaban J connectivity index is 2.09. The van der Waals surface area contributed by atoms with Crippen LogP contribution in [0.3, 0.4) is 0 Å². The molecule has 186 valence electrons. The van der Waals surface area contributed by atoms with E-state index in [4.69, 9.17) is 25.8 Å². The molecule has 8 nitrogen and oxygen atoms in total. The van der Waals surface area contributed by atoms with Crippen molar-refractivity contribution in [2.45, 2.75) is 11.8 Å². The third kappa shape index (κ3) is 5.63. The fourth-order valence-corrected chi connectivity index (χ4v) is 5.32. The topological polar surface area (TPSA) is 85.4 Å². The molecule has 35 heavy (non-hydrogen) atoms. The van der Waals surface area contributed by atoms with Crippen molar-refractivity contribution < 1.29 is 27.4 Å². The van der Waals surface area contributed by atoms with Crippen molar-refractivity contribution in [3.63, 3.8) is 0 Å². The summed E-state index contributed by atoms with van der Waals surface area (Å²) in [6, 6.07) is 16.3. The van der Waals surface area contributed by atoms with Gasteiger partial charge >= 0.3 is 0 Å². The molecule has 0 fully saturated rings. The molecular weight excluding hydrogens is 492 g/mol. The first-order chi connectivity index (χ1) is 16.6. The zero-order valence-electron chi connectivity index (χ0n) is 20.1. The number of methoxy groups -OCH3 is 3. The maximum absolute atomic E-state index is 13.9. The predicted octanol–water partition coefficient (Wildman–Crippen LogP) is 4.53. The number of sulfonamides is 1. The maximum atomic E-state index is 13.9. The van der Waals surface area contributed by atoms with E-state index in [-0.39, 0.29) is 21.4 Å². The van der Waals surface area contributed by atoms with Crippen molar-refractivity contribution in [2.24, 2.45) is 0 Å². The lowest BCUT2D eigenvalue weighted by Gasteiger charge is -2.28. The lowest BCUT2D eigenvalue weighted by atomic mass is 10.2. The molecule has 0 radical (unpaired) electrons. The number of hydrogen-bond acceptors (Lipinski definition) is 6. The fourth-order valence-electron chi connectivity index (χ4n) is 3.42. The summed E-state index contributed by atoms with van der Waals surface area (Å²) in [7, 11) is 1.70. The number of ether oxygens (including phenoxy) is 3. The zero-order valence-corrected chi connectivity index (χ0v) is 21.7. The van der Waals surface area contributed by atoms with Gasteiger partial charge in [-0.3, -0.25) is 9.10 Å². The van der Waals surface area contributed by atoms with Gasteiger partial charge in [-0.1, -0.05) is 23.7 Å². The molecule has 0 unspecified atom stereocenters. The Morgan fingerprint density at radius 1 is 0.886 bits per heavy atom. The number of carbonyl (C=O) groups excluding carboxylic acids is 1. The molecule has 0 spiro atoms. The van der Waals surface area contributed by atoms with Crippen LogP contribution >= 0.6 is 11.6 Å². The van der Waals surface area contributed by atoms with Crippen molar-refractivity contribution in [1.82, 2.24) is 0 Å². The van der Waals surface area contributed by atoms with Gasteiger partial charge < -0.3 is 19.1 Å². The highest BCUT2D eigenvalue weighted by molar-refractivity contribution is 7.93. The predicted molar refractivity (Wildman–Crippen MR) is 137 cm³/mol. The summed E-state index contributed by atoms with van der Waals surface area (Å²) in [5, 5.41) is 0.204. The van der Waals surface area contributed by atoms with Crippen LogP contribution in [0.5, 0.6) is 17.2 Å². The van der Waals surface area contributed by atoms with Gasteiger partial charge in [0.2, 0.25) is 5.91 Å². The minimum atomic E-state index is -4.24. The Bertz CT molecular complexity index is 1330. The molecule has 0 aliphatic carbocycles. The molecule has 1 amide bonds. The van der Waals surface area contributed by atoms with Crippen LogP contribution in [0.2, 0.25) is 5.02 Å². The van der Waals surface area contributed by atoms with Gasteiger partial charge in [0.05, 0.1) is 32.0 Å². The molecule has 10 heteroatoms. The highest BCUT2D eigenvalue weighted by Gasteiger charge is 2.31. The van der Waals surface area contributed by atoms with E-state index in [9.17, 15) is 13.2 Å². The normalized spacial score (nSPS) is 11.0. The van der Waals surface area contributed by atoms with Crippen molar-refractivity contribution in [3.8, 4) is 17.2 Å². The Labute approximate surface area is 210 Å². The zero-order chi connectivity index (χ0) is 25.8. The standard InChI is InChI=1S/C25H27ClN2O6S/c1-17-9-11-23(34-5)24(13-17)35(30,31)28(19-10-12-22(33-4)21(26)15-19)16-25(29)27(2)18-7-6-8-20(14-18)32-3/h6-15H,16H2,1-5H3. The first-order valence-corrected chi connectivity index (χ1v) is 12.4. The van der Waals surface area contributed by atoms with E-state index in [1.54, 1.807) is 56.4 Å². The SMILES string of the molecule is COc1cccc(N(C)C(=O)CN(c2ccc(OC)c(Cl)c2)S(=O)(=O)c2cc(C)ccc2OC)c1.